The number of hydrogen-bond donors (Lipinski definition) is 0. The molecule has 2 aliphatic rings. The number of Topliss-reactive ketones (excluding diaryl/α,β-unsaturated/α-hetero) is 1. The van der Waals surface area contributed by atoms with E-state index in [1.165, 1.54) is 12.5 Å². The second-order valence-corrected chi connectivity index (χ2v) is 2.94. The smallest absolute Gasteiger partial charge is 0.221 e. The van der Waals surface area contributed by atoms with Gasteiger partial charge in [-0.2, -0.15) is 0 Å². The predicted octanol–water partition coefficient (Wildman–Crippen LogP) is 1.49. The molecule has 2 heterocycles. The van der Waals surface area contributed by atoms with Gasteiger partial charge in [0.15, 0.2) is 12.2 Å². The molecule has 0 aromatic rings. The summed E-state index contributed by atoms with van der Waals surface area (Å²) in [6.45, 7) is 0. The van der Waals surface area contributed by atoms with Crippen molar-refractivity contribution < 1.29 is 14.3 Å². The molecule has 0 aromatic carbocycles. The first kappa shape index (κ1) is 8.81. The van der Waals surface area contributed by atoms with Gasteiger partial charge in [-0.05, 0) is 24.3 Å². The lowest BCUT2D eigenvalue weighted by Gasteiger charge is -2.19. The first-order valence-corrected chi connectivity index (χ1v) is 4.39. The van der Waals surface area contributed by atoms with Crippen molar-refractivity contribution in [2.45, 2.75) is 12.2 Å². The number of hydrogen-bond acceptors (Lipinski definition) is 3. The Labute approximate surface area is 82.0 Å². The Morgan fingerprint density at radius 1 is 0.857 bits per heavy atom. The second kappa shape index (κ2) is 3.96. The Morgan fingerprint density at radius 2 is 1.36 bits per heavy atom. The number of ketones is 1. The van der Waals surface area contributed by atoms with E-state index in [2.05, 4.69) is 0 Å². The third-order valence-corrected chi connectivity index (χ3v) is 1.96. The maximum absolute atomic E-state index is 11.7. The second-order valence-electron chi connectivity index (χ2n) is 2.94. The van der Waals surface area contributed by atoms with E-state index in [0.29, 0.717) is 0 Å². The summed E-state index contributed by atoms with van der Waals surface area (Å²) in [4.78, 5) is 11.7. The van der Waals surface area contributed by atoms with Crippen LogP contribution < -0.4 is 0 Å². The molecule has 0 N–H and O–H groups in total. The molecular weight excluding hydrogens is 180 g/mol. The van der Waals surface area contributed by atoms with Crippen molar-refractivity contribution in [2.24, 2.45) is 0 Å². The third-order valence-electron chi connectivity index (χ3n) is 1.96. The molecule has 0 spiro atoms. The highest BCUT2D eigenvalue weighted by Gasteiger charge is 2.26. The van der Waals surface area contributed by atoms with Crippen LogP contribution in [0.1, 0.15) is 0 Å². The maximum Gasteiger partial charge on any atom is 0.221 e. The zero-order chi connectivity index (χ0) is 9.80. The molecule has 0 saturated heterocycles. The van der Waals surface area contributed by atoms with Crippen LogP contribution in [0.3, 0.4) is 0 Å². The van der Waals surface area contributed by atoms with Crippen molar-refractivity contribution in [1.82, 2.24) is 0 Å². The van der Waals surface area contributed by atoms with Gasteiger partial charge < -0.3 is 9.47 Å². The fourth-order valence-electron chi connectivity index (χ4n) is 1.26. The summed E-state index contributed by atoms with van der Waals surface area (Å²) < 4.78 is 10.3. The van der Waals surface area contributed by atoms with Gasteiger partial charge in [0.1, 0.15) is 0 Å². The Morgan fingerprint density at radius 3 is 1.71 bits per heavy atom. The average Bonchev–Trinajstić information content (AvgIpc) is 2.30. The minimum atomic E-state index is -0.527. The molecule has 0 aromatic heterocycles. The van der Waals surface area contributed by atoms with E-state index >= 15 is 0 Å². The number of ether oxygens (including phenoxy) is 2. The lowest BCUT2D eigenvalue weighted by molar-refractivity contribution is -0.131. The van der Waals surface area contributed by atoms with Gasteiger partial charge in [0.2, 0.25) is 5.78 Å². The summed E-state index contributed by atoms with van der Waals surface area (Å²) in [7, 11) is 0. The van der Waals surface area contributed by atoms with Crippen molar-refractivity contribution in [3.63, 3.8) is 0 Å². The molecule has 0 radical (unpaired) electrons. The van der Waals surface area contributed by atoms with Gasteiger partial charge in [-0.15, -0.1) is 0 Å². The molecule has 2 unspecified atom stereocenters. The quantitative estimate of drug-likeness (QED) is 0.661. The summed E-state index contributed by atoms with van der Waals surface area (Å²) in [5, 5.41) is 0. The monoisotopic (exact) mass is 190 g/mol. The minimum absolute atomic E-state index is 0.0915. The van der Waals surface area contributed by atoms with Crippen LogP contribution in [-0.4, -0.2) is 18.0 Å². The highest BCUT2D eigenvalue weighted by atomic mass is 16.5. The number of carbonyl (C=O) groups is 1. The summed E-state index contributed by atoms with van der Waals surface area (Å²) in [6, 6.07) is 0. The SMILES string of the molecule is O=C(C1C=CC=CO1)C1C=CC=CO1. The first-order valence-electron chi connectivity index (χ1n) is 4.39. The third kappa shape index (κ3) is 1.76. The molecule has 0 amide bonds. The molecule has 0 bridgehead atoms. The normalized spacial score (nSPS) is 28.3. The van der Waals surface area contributed by atoms with E-state index in [1.54, 1.807) is 36.5 Å². The standard InChI is InChI=1S/C11H10O3/c12-11(9-5-1-3-7-13-9)10-6-2-4-8-14-10/h1-10H. The van der Waals surface area contributed by atoms with Crippen molar-refractivity contribution in [2.75, 3.05) is 0 Å². The topological polar surface area (TPSA) is 35.5 Å². The van der Waals surface area contributed by atoms with Gasteiger partial charge in [0.25, 0.3) is 0 Å². The highest BCUT2D eigenvalue weighted by molar-refractivity contribution is 5.91. The van der Waals surface area contributed by atoms with Crippen LogP contribution in [0.25, 0.3) is 0 Å². The van der Waals surface area contributed by atoms with Crippen molar-refractivity contribution in [1.29, 1.82) is 0 Å². The first-order chi connectivity index (χ1) is 6.88. The summed E-state index contributed by atoms with van der Waals surface area (Å²) in [5.41, 5.74) is 0. The largest absolute Gasteiger partial charge is 0.486 e. The summed E-state index contributed by atoms with van der Waals surface area (Å²) >= 11 is 0. The maximum atomic E-state index is 11.7. The molecular formula is C11H10O3. The van der Waals surface area contributed by atoms with Gasteiger partial charge >= 0.3 is 0 Å². The average molecular weight is 190 g/mol. The summed E-state index contributed by atoms with van der Waals surface area (Å²) in [6.07, 6.45) is 12.4. The van der Waals surface area contributed by atoms with Crippen LogP contribution in [0.5, 0.6) is 0 Å². The van der Waals surface area contributed by atoms with Crippen LogP contribution in [0.2, 0.25) is 0 Å². The Kier molecular flexibility index (Phi) is 2.49. The molecule has 2 aliphatic heterocycles. The zero-order valence-electron chi connectivity index (χ0n) is 7.50. The molecule has 0 saturated carbocycles. The molecule has 2 atom stereocenters. The van der Waals surface area contributed by atoms with E-state index in [-0.39, 0.29) is 5.78 Å². The van der Waals surface area contributed by atoms with Crippen LogP contribution in [0.4, 0.5) is 0 Å². The molecule has 14 heavy (non-hydrogen) atoms. The zero-order valence-corrected chi connectivity index (χ0v) is 7.50. The van der Waals surface area contributed by atoms with E-state index in [0.717, 1.165) is 0 Å². The number of allylic oxidation sites excluding steroid dienone is 4. The minimum Gasteiger partial charge on any atom is -0.486 e. The van der Waals surface area contributed by atoms with Gasteiger partial charge in [0.05, 0.1) is 12.5 Å². The van der Waals surface area contributed by atoms with E-state index in [4.69, 9.17) is 9.47 Å². The van der Waals surface area contributed by atoms with Crippen molar-refractivity contribution >= 4 is 5.78 Å². The fraction of sp³-hybridized carbons (Fsp3) is 0.182. The van der Waals surface area contributed by atoms with Crippen LogP contribution in [0, 0.1) is 0 Å². The van der Waals surface area contributed by atoms with E-state index in [9.17, 15) is 4.79 Å². The molecule has 3 nitrogen and oxygen atoms in total. The molecule has 72 valence electrons. The van der Waals surface area contributed by atoms with Crippen LogP contribution in [-0.2, 0) is 14.3 Å². The lowest BCUT2D eigenvalue weighted by atomic mass is 10.1. The predicted molar refractivity (Wildman–Crippen MR) is 51.3 cm³/mol. The number of carbonyl (C=O) groups excluding carboxylic acids is 1. The summed E-state index contributed by atoms with van der Waals surface area (Å²) in [5.74, 6) is -0.0915. The Balaban J connectivity index is 2.01. The molecule has 0 aliphatic carbocycles. The lowest BCUT2D eigenvalue weighted by Crippen LogP contribution is -2.32. The van der Waals surface area contributed by atoms with E-state index < -0.39 is 12.2 Å². The van der Waals surface area contributed by atoms with Crippen molar-refractivity contribution in [3.05, 3.63) is 49.0 Å². The Hall–Kier alpha value is -1.77. The highest BCUT2D eigenvalue weighted by Crippen LogP contribution is 2.11. The van der Waals surface area contributed by atoms with Crippen LogP contribution in [0.15, 0.2) is 49.0 Å². The van der Waals surface area contributed by atoms with E-state index in [1.807, 2.05) is 0 Å². The van der Waals surface area contributed by atoms with Gasteiger partial charge in [0, 0.05) is 0 Å². The van der Waals surface area contributed by atoms with Gasteiger partial charge in [-0.25, -0.2) is 0 Å². The van der Waals surface area contributed by atoms with Crippen LogP contribution >= 0.6 is 0 Å². The molecule has 2 rings (SSSR count). The fourth-order valence-corrected chi connectivity index (χ4v) is 1.26. The molecule has 0 fully saturated rings. The number of rotatable bonds is 2. The van der Waals surface area contributed by atoms with Crippen molar-refractivity contribution in [3.8, 4) is 0 Å². The Bertz CT molecular complexity index is 304. The molecule has 3 heteroatoms. The van der Waals surface area contributed by atoms with Gasteiger partial charge in [-0.3, -0.25) is 4.79 Å². The van der Waals surface area contributed by atoms with Gasteiger partial charge in [-0.1, -0.05) is 12.2 Å².